The summed E-state index contributed by atoms with van der Waals surface area (Å²) in [6, 6.07) is 17.6. The molecule has 0 aliphatic heterocycles. The molecule has 0 atom stereocenters. The van der Waals surface area contributed by atoms with E-state index in [1.807, 2.05) is 60.0 Å². The molecular weight excluding hydrogens is 346 g/mol. The number of methoxy groups -OCH3 is 1. The number of carbonyl (C=O) groups excluding carboxylic acids is 1. The van der Waals surface area contributed by atoms with Crippen LogP contribution < -0.4 is 5.43 Å². The third kappa shape index (κ3) is 4.87. The Hall–Kier alpha value is -3.25. The zero-order valence-corrected chi connectivity index (χ0v) is 14.9. The Morgan fingerprint density at radius 1 is 1.12 bits per heavy atom. The summed E-state index contributed by atoms with van der Waals surface area (Å²) >= 11 is 1.50. The summed E-state index contributed by atoms with van der Waals surface area (Å²) in [5, 5.41) is 6.95. The van der Waals surface area contributed by atoms with E-state index in [1.54, 1.807) is 12.3 Å². The van der Waals surface area contributed by atoms with Crippen LogP contribution in [-0.2, 0) is 9.53 Å². The van der Waals surface area contributed by atoms with Gasteiger partial charge in [0.05, 0.1) is 19.0 Å². The second-order valence-corrected chi connectivity index (χ2v) is 6.16. The molecule has 0 aliphatic rings. The molecule has 3 aromatic rings. The lowest BCUT2D eigenvalue weighted by atomic mass is 10.1. The van der Waals surface area contributed by atoms with Crippen LogP contribution in [0.25, 0.3) is 17.3 Å². The lowest BCUT2D eigenvalue weighted by Gasteiger charge is -1.97. The van der Waals surface area contributed by atoms with Gasteiger partial charge in [-0.25, -0.2) is 9.78 Å². The van der Waals surface area contributed by atoms with E-state index in [2.05, 4.69) is 20.2 Å². The van der Waals surface area contributed by atoms with Crippen LogP contribution in [0.4, 0.5) is 5.13 Å². The first-order valence-corrected chi connectivity index (χ1v) is 8.79. The molecule has 0 bridgehead atoms. The van der Waals surface area contributed by atoms with Gasteiger partial charge in [0, 0.05) is 17.0 Å². The quantitative estimate of drug-likeness (QED) is 0.304. The molecule has 0 unspecified atom stereocenters. The number of nitrogens with one attached hydrogen (secondary N) is 1. The van der Waals surface area contributed by atoms with E-state index in [1.165, 1.54) is 24.5 Å². The van der Waals surface area contributed by atoms with Crippen LogP contribution in [0.1, 0.15) is 11.1 Å². The van der Waals surface area contributed by atoms with Crippen LogP contribution in [-0.4, -0.2) is 24.3 Å². The summed E-state index contributed by atoms with van der Waals surface area (Å²) in [7, 11) is 1.35. The van der Waals surface area contributed by atoms with Crippen molar-refractivity contribution >= 4 is 34.7 Å². The first kappa shape index (κ1) is 17.6. The Morgan fingerprint density at radius 2 is 1.85 bits per heavy atom. The molecule has 0 saturated heterocycles. The first-order chi connectivity index (χ1) is 12.7. The molecular formula is C20H17N3O2S. The summed E-state index contributed by atoms with van der Waals surface area (Å²) < 4.78 is 4.56. The highest BCUT2D eigenvalue weighted by molar-refractivity contribution is 7.14. The number of esters is 1. The molecule has 3 rings (SSSR count). The number of hydrogen-bond donors (Lipinski definition) is 1. The van der Waals surface area contributed by atoms with Crippen LogP contribution in [0.5, 0.6) is 0 Å². The Balaban J connectivity index is 1.58. The standard InChI is InChI=1S/C20H17N3O2S/c1-25-19(24)12-11-15-7-9-16(10-8-15)13-21-23-20-22-18(14-26-20)17-5-3-2-4-6-17/h2-14H,1H3,(H,22,23). The Bertz CT molecular complexity index is 916. The highest BCUT2D eigenvalue weighted by atomic mass is 32.1. The highest BCUT2D eigenvalue weighted by Gasteiger charge is 2.02. The number of thiazole rings is 1. The van der Waals surface area contributed by atoms with Crippen molar-refractivity contribution in [1.82, 2.24) is 4.98 Å². The fourth-order valence-electron chi connectivity index (χ4n) is 2.15. The predicted octanol–water partition coefficient (Wildman–Crippen LogP) is 4.44. The molecule has 0 radical (unpaired) electrons. The van der Waals surface area contributed by atoms with Crippen molar-refractivity contribution in [2.45, 2.75) is 0 Å². The van der Waals surface area contributed by atoms with E-state index >= 15 is 0 Å². The number of hydrazone groups is 1. The maximum atomic E-state index is 11.1. The molecule has 26 heavy (non-hydrogen) atoms. The van der Waals surface area contributed by atoms with Gasteiger partial charge >= 0.3 is 5.97 Å². The summed E-state index contributed by atoms with van der Waals surface area (Å²) in [5.74, 6) is -0.377. The van der Waals surface area contributed by atoms with Crippen molar-refractivity contribution in [3.05, 3.63) is 77.2 Å². The van der Waals surface area contributed by atoms with Crippen molar-refractivity contribution in [1.29, 1.82) is 0 Å². The lowest BCUT2D eigenvalue weighted by Crippen LogP contribution is -1.93. The number of hydrogen-bond acceptors (Lipinski definition) is 6. The third-order valence-electron chi connectivity index (χ3n) is 3.50. The smallest absolute Gasteiger partial charge is 0.330 e. The van der Waals surface area contributed by atoms with Gasteiger partial charge in [-0.1, -0.05) is 54.6 Å². The minimum Gasteiger partial charge on any atom is -0.466 e. The van der Waals surface area contributed by atoms with Crippen molar-refractivity contribution in [2.75, 3.05) is 12.5 Å². The second-order valence-electron chi connectivity index (χ2n) is 5.30. The zero-order chi connectivity index (χ0) is 18.2. The van der Waals surface area contributed by atoms with Crippen molar-refractivity contribution in [3.8, 4) is 11.3 Å². The Labute approximate surface area is 155 Å². The van der Waals surface area contributed by atoms with E-state index in [0.717, 1.165) is 27.5 Å². The van der Waals surface area contributed by atoms with Gasteiger partial charge in [-0.15, -0.1) is 11.3 Å². The van der Waals surface area contributed by atoms with Crippen molar-refractivity contribution in [3.63, 3.8) is 0 Å². The molecule has 0 saturated carbocycles. The van der Waals surface area contributed by atoms with Gasteiger partial charge < -0.3 is 4.74 Å². The van der Waals surface area contributed by atoms with Gasteiger partial charge in [-0.2, -0.15) is 5.10 Å². The van der Waals surface area contributed by atoms with E-state index in [9.17, 15) is 4.79 Å². The second kappa shape index (κ2) is 8.73. The van der Waals surface area contributed by atoms with Crippen LogP contribution in [0.15, 0.2) is 71.2 Å². The van der Waals surface area contributed by atoms with Crippen LogP contribution in [0, 0.1) is 0 Å². The number of ether oxygens (including phenoxy) is 1. The average Bonchev–Trinajstić information content (AvgIpc) is 3.17. The summed E-state index contributed by atoms with van der Waals surface area (Å²) in [6.45, 7) is 0. The van der Waals surface area contributed by atoms with Crippen LogP contribution >= 0.6 is 11.3 Å². The van der Waals surface area contributed by atoms with Crippen LogP contribution in [0.3, 0.4) is 0 Å². The normalized spacial score (nSPS) is 11.1. The maximum Gasteiger partial charge on any atom is 0.330 e. The minimum absolute atomic E-state index is 0.377. The number of anilines is 1. The molecule has 0 aliphatic carbocycles. The molecule has 0 amide bonds. The minimum atomic E-state index is -0.377. The van der Waals surface area contributed by atoms with Gasteiger partial charge in [0.15, 0.2) is 0 Å². The van der Waals surface area contributed by atoms with E-state index in [4.69, 9.17) is 0 Å². The van der Waals surface area contributed by atoms with Crippen LogP contribution in [0.2, 0.25) is 0 Å². The van der Waals surface area contributed by atoms with Crippen molar-refractivity contribution < 1.29 is 9.53 Å². The number of aromatic nitrogens is 1. The summed E-state index contributed by atoms with van der Waals surface area (Å²) in [6.07, 6.45) is 4.81. The molecule has 1 N–H and O–H groups in total. The molecule has 1 aromatic heterocycles. The van der Waals surface area contributed by atoms with E-state index < -0.39 is 0 Å². The number of benzene rings is 2. The molecule has 0 fully saturated rings. The molecule has 5 nitrogen and oxygen atoms in total. The van der Waals surface area contributed by atoms with Crippen molar-refractivity contribution in [2.24, 2.45) is 5.10 Å². The maximum absolute atomic E-state index is 11.1. The number of nitrogens with zero attached hydrogens (tertiary/aromatic N) is 2. The molecule has 6 heteroatoms. The fourth-order valence-corrected chi connectivity index (χ4v) is 2.82. The summed E-state index contributed by atoms with van der Waals surface area (Å²) in [4.78, 5) is 15.6. The highest BCUT2D eigenvalue weighted by Crippen LogP contribution is 2.24. The monoisotopic (exact) mass is 363 g/mol. The van der Waals surface area contributed by atoms with Gasteiger partial charge in [0.2, 0.25) is 5.13 Å². The number of rotatable bonds is 6. The topological polar surface area (TPSA) is 63.6 Å². The largest absolute Gasteiger partial charge is 0.466 e. The zero-order valence-electron chi connectivity index (χ0n) is 14.1. The SMILES string of the molecule is COC(=O)C=Cc1ccc(C=NNc2nc(-c3ccccc3)cs2)cc1. The summed E-state index contributed by atoms with van der Waals surface area (Å²) in [5.41, 5.74) is 6.80. The van der Waals surface area contributed by atoms with E-state index in [-0.39, 0.29) is 5.97 Å². The predicted molar refractivity (Wildman–Crippen MR) is 106 cm³/mol. The van der Waals surface area contributed by atoms with E-state index in [0.29, 0.717) is 0 Å². The third-order valence-corrected chi connectivity index (χ3v) is 4.24. The average molecular weight is 363 g/mol. The molecule has 2 aromatic carbocycles. The first-order valence-electron chi connectivity index (χ1n) is 7.91. The van der Waals surface area contributed by atoms with Gasteiger partial charge in [-0.05, 0) is 17.2 Å². The van der Waals surface area contributed by atoms with Gasteiger partial charge in [0.25, 0.3) is 0 Å². The fraction of sp³-hybridized carbons (Fsp3) is 0.0500. The lowest BCUT2D eigenvalue weighted by molar-refractivity contribution is -0.134. The Morgan fingerprint density at radius 3 is 2.58 bits per heavy atom. The van der Waals surface area contributed by atoms with Gasteiger partial charge in [-0.3, -0.25) is 5.43 Å². The molecule has 0 spiro atoms. The molecule has 1 heterocycles. The molecule has 130 valence electrons. The number of carbonyl (C=O) groups is 1. The Kier molecular flexibility index (Phi) is 5.90. The van der Waals surface area contributed by atoms with Gasteiger partial charge in [0.1, 0.15) is 0 Å².